The van der Waals surface area contributed by atoms with Crippen molar-refractivity contribution in [2.24, 2.45) is 0 Å². The second-order valence-corrected chi connectivity index (χ2v) is 10.1. The molecule has 1 aliphatic rings. The summed E-state index contributed by atoms with van der Waals surface area (Å²) in [6.45, 7) is 20.6. The molecular weight excluding hydrogens is 511 g/mol. The maximum atomic E-state index is 16.4. The maximum Gasteiger partial charge on any atom is 0.159 e. The summed E-state index contributed by atoms with van der Waals surface area (Å²) in [7, 11) is 0. The lowest BCUT2D eigenvalue weighted by molar-refractivity contribution is 0.248. The van der Waals surface area contributed by atoms with Gasteiger partial charge in [0, 0.05) is 41.3 Å². The van der Waals surface area contributed by atoms with Gasteiger partial charge in [0.1, 0.15) is 11.5 Å². The van der Waals surface area contributed by atoms with E-state index in [4.69, 9.17) is 4.98 Å². The van der Waals surface area contributed by atoms with Crippen LogP contribution in [0.5, 0.6) is 0 Å². The van der Waals surface area contributed by atoms with Gasteiger partial charge in [0.05, 0.1) is 16.3 Å². The number of halogens is 1. The fourth-order valence-electron chi connectivity index (χ4n) is 5.11. The highest BCUT2D eigenvalue weighted by Crippen LogP contribution is 2.27. The zero-order valence-electron chi connectivity index (χ0n) is 24.3. The number of likely N-dealkylation sites (tertiary alicyclic amines) is 1. The van der Waals surface area contributed by atoms with Crippen LogP contribution in [0.1, 0.15) is 50.1 Å². The second-order valence-electron chi connectivity index (χ2n) is 10.1. The van der Waals surface area contributed by atoms with Crippen molar-refractivity contribution in [1.82, 2.24) is 30.0 Å². The van der Waals surface area contributed by atoms with E-state index in [1.807, 2.05) is 57.2 Å². The number of pyridine rings is 1. The molecule has 0 aliphatic carbocycles. The number of nitrogens with zero attached hydrogens (tertiary/aromatic N) is 4. The van der Waals surface area contributed by atoms with E-state index in [-0.39, 0.29) is 5.57 Å². The van der Waals surface area contributed by atoms with E-state index in [1.54, 1.807) is 24.5 Å². The Morgan fingerprint density at radius 2 is 1.95 bits per heavy atom. The zero-order valence-corrected chi connectivity index (χ0v) is 24.3. The molecule has 7 heteroatoms. The Kier molecular flexibility index (Phi) is 9.98. The molecule has 0 atom stereocenters. The maximum absolute atomic E-state index is 16.4. The van der Waals surface area contributed by atoms with Gasteiger partial charge in [-0.15, -0.1) is 0 Å². The average molecular weight is 551 g/mol. The molecule has 1 fully saturated rings. The van der Waals surface area contributed by atoms with Crippen molar-refractivity contribution < 1.29 is 4.39 Å². The molecule has 212 valence electrons. The molecule has 6 nitrogen and oxygen atoms in total. The molecule has 0 aromatic carbocycles. The summed E-state index contributed by atoms with van der Waals surface area (Å²) in [5.41, 5.74) is 5.69. The van der Waals surface area contributed by atoms with Crippen LogP contribution in [0.2, 0.25) is 0 Å². The molecular formula is C34H39FN6. The Labute approximate surface area is 241 Å². The minimum Gasteiger partial charge on any atom is -0.340 e. The van der Waals surface area contributed by atoms with Gasteiger partial charge in [-0.1, -0.05) is 68.7 Å². The lowest BCUT2D eigenvalue weighted by Crippen LogP contribution is -2.31. The topological polar surface area (TPSA) is 73.5 Å². The standard InChI is InChI=1S/C34H39FN6/c1-7-15-28(27-16-14-17-36-21-27)32-24(6)37-34(38-32)33-30(29(10-4)39-40-33)31(35)23(5)26(9-3)20-25(8-2)22-41-18-12-11-13-19-41/h7-10,14-17,20-21,39H,1-2,5,11-13,18-19,22H2,3-4,6H3,(H,37,38)/b25-20+,26-9+,28-15-,29-10+,31-30-. The van der Waals surface area contributed by atoms with Crippen molar-refractivity contribution in [3.05, 3.63) is 119 Å². The normalized spacial score (nSPS) is 16.6. The summed E-state index contributed by atoms with van der Waals surface area (Å²) < 4.78 is 16.4. The van der Waals surface area contributed by atoms with Crippen molar-refractivity contribution in [2.45, 2.75) is 40.0 Å². The van der Waals surface area contributed by atoms with Crippen molar-refractivity contribution >= 4 is 17.5 Å². The number of piperidine rings is 1. The predicted octanol–water partition coefficient (Wildman–Crippen LogP) is 6.10. The van der Waals surface area contributed by atoms with Crippen LogP contribution in [0, 0.1) is 6.92 Å². The van der Waals surface area contributed by atoms with Gasteiger partial charge in [0.15, 0.2) is 5.82 Å². The third-order valence-electron chi connectivity index (χ3n) is 7.31. The fraction of sp³-hybridized carbons (Fsp3) is 0.265. The van der Waals surface area contributed by atoms with Gasteiger partial charge >= 0.3 is 0 Å². The number of hydrogen-bond donors (Lipinski definition) is 2. The van der Waals surface area contributed by atoms with Crippen LogP contribution in [0.25, 0.3) is 29.0 Å². The third kappa shape index (κ3) is 6.69. The van der Waals surface area contributed by atoms with Crippen molar-refractivity contribution in [3.8, 4) is 11.5 Å². The molecule has 3 aromatic rings. The summed E-state index contributed by atoms with van der Waals surface area (Å²) in [6, 6.07) is 3.84. The molecule has 1 saturated heterocycles. The van der Waals surface area contributed by atoms with Crippen LogP contribution in [0.3, 0.4) is 0 Å². The number of aryl methyl sites for hydroxylation is 1. The Morgan fingerprint density at radius 1 is 1.17 bits per heavy atom. The van der Waals surface area contributed by atoms with Crippen LogP contribution in [0.15, 0.2) is 91.4 Å². The number of hydrogen-bond acceptors (Lipinski definition) is 4. The van der Waals surface area contributed by atoms with Crippen molar-refractivity contribution in [2.75, 3.05) is 19.6 Å². The predicted molar refractivity (Wildman–Crippen MR) is 168 cm³/mol. The molecule has 0 saturated carbocycles. The second kappa shape index (κ2) is 13.8. The minimum atomic E-state index is -0.461. The van der Waals surface area contributed by atoms with E-state index in [2.05, 4.69) is 44.8 Å². The summed E-state index contributed by atoms with van der Waals surface area (Å²) >= 11 is 0. The van der Waals surface area contributed by atoms with Crippen LogP contribution in [-0.2, 0) is 0 Å². The highest BCUT2D eigenvalue weighted by atomic mass is 19.1. The van der Waals surface area contributed by atoms with Crippen LogP contribution >= 0.6 is 0 Å². The monoisotopic (exact) mass is 550 g/mol. The van der Waals surface area contributed by atoms with Gasteiger partial charge in [-0.2, -0.15) is 5.10 Å². The van der Waals surface area contributed by atoms with Gasteiger partial charge < -0.3 is 4.98 Å². The highest BCUT2D eigenvalue weighted by Gasteiger charge is 2.20. The van der Waals surface area contributed by atoms with Gasteiger partial charge in [-0.25, -0.2) is 9.37 Å². The summed E-state index contributed by atoms with van der Waals surface area (Å²) in [5, 5.41) is 8.31. The quantitative estimate of drug-likeness (QED) is 0.299. The SMILES string of the molecule is C=C/C=C(/c1cccnc1)c1nc(-c2n[nH]c(=C/C)/c2=C(/F)C(=C)C(/C=C(\C=C)CN2CCCCC2)=C/C)[nH]c1C. The van der Waals surface area contributed by atoms with Gasteiger partial charge in [0.2, 0.25) is 0 Å². The molecule has 0 amide bonds. The molecule has 0 unspecified atom stereocenters. The number of rotatable bonds is 10. The molecule has 4 heterocycles. The number of nitrogens with one attached hydrogen (secondary N) is 2. The molecule has 41 heavy (non-hydrogen) atoms. The molecule has 2 N–H and O–H groups in total. The van der Waals surface area contributed by atoms with E-state index in [0.717, 1.165) is 42.0 Å². The minimum absolute atomic E-state index is 0.280. The molecule has 0 spiro atoms. The molecule has 4 rings (SSSR count). The summed E-state index contributed by atoms with van der Waals surface area (Å²) in [4.78, 5) is 14.8. The van der Waals surface area contributed by atoms with Gasteiger partial charge in [0.25, 0.3) is 0 Å². The lowest BCUT2D eigenvalue weighted by Gasteiger charge is -2.26. The first-order valence-corrected chi connectivity index (χ1v) is 14.0. The zero-order chi connectivity index (χ0) is 29.4. The molecule has 1 aliphatic heterocycles. The van der Waals surface area contributed by atoms with Crippen LogP contribution < -0.4 is 10.6 Å². The number of allylic oxidation sites excluding steroid dienone is 6. The number of H-pyrrole nitrogens is 2. The van der Waals surface area contributed by atoms with Crippen molar-refractivity contribution in [1.29, 1.82) is 0 Å². The number of aromatic nitrogens is 5. The van der Waals surface area contributed by atoms with Gasteiger partial charge in [-0.05, 0) is 63.9 Å². The van der Waals surface area contributed by atoms with Crippen LogP contribution in [0.4, 0.5) is 4.39 Å². The first kappa shape index (κ1) is 29.6. The first-order valence-electron chi connectivity index (χ1n) is 14.0. The lowest BCUT2D eigenvalue weighted by atomic mass is 10.0. The average Bonchev–Trinajstić information content (AvgIpc) is 3.61. The van der Waals surface area contributed by atoms with Crippen LogP contribution in [-0.4, -0.2) is 49.7 Å². The summed E-state index contributed by atoms with van der Waals surface area (Å²) in [6.07, 6.45) is 18.3. The molecule has 0 bridgehead atoms. The van der Waals surface area contributed by atoms with Crippen molar-refractivity contribution in [3.63, 3.8) is 0 Å². The first-order chi connectivity index (χ1) is 19.9. The Hall–Kier alpha value is -4.36. The van der Waals surface area contributed by atoms with E-state index in [0.29, 0.717) is 33.4 Å². The Morgan fingerprint density at radius 3 is 2.59 bits per heavy atom. The molecule has 3 aromatic heterocycles. The fourth-order valence-corrected chi connectivity index (χ4v) is 5.11. The summed E-state index contributed by atoms with van der Waals surface area (Å²) in [5.74, 6) is -0.00888. The smallest absolute Gasteiger partial charge is 0.159 e. The largest absolute Gasteiger partial charge is 0.340 e. The van der Waals surface area contributed by atoms with E-state index < -0.39 is 5.83 Å². The highest BCUT2D eigenvalue weighted by molar-refractivity contribution is 5.81. The number of aromatic amines is 2. The Balaban J connectivity index is 1.76. The number of imidazole rings is 1. The van der Waals surface area contributed by atoms with E-state index in [9.17, 15) is 0 Å². The van der Waals surface area contributed by atoms with Gasteiger partial charge in [-0.3, -0.25) is 15.0 Å². The van der Waals surface area contributed by atoms with E-state index in [1.165, 1.54) is 19.3 Å². The third-order valence-corrected chi connectivity index (χ3v) is 7.31. The Bertz CT molecular complexity index is 1630. The molecule has 0 radical (unpaired) electrons. The van der Waals surface area contributed by atoms with E-state index >= 15 is 4.39 Å².